The van der Waals surface area contributed by atoms with Crippen LogP contribution in [0, 0.1) is 12.7 Å². The smallest absolute Gasteiger partial charge is 0.270 e. The zero-order valence-electron chi connectivity index (χ0n) is 14.6. The largest absolute Gasteiger partial charge is 0.347 e. The van der Waals surface area contributed by atoms with E-state index in [-0.39, 0.29) is 18.3 Å². The molecule has 0 bridgehead atoms. The van der Waals surface area contributed by atoms with Gasteiger partial charge >= 0.3 is 0 Å². The molecule has 26 heavy (non-hydrogen) atoms. The Labute approximate surface area is 151 Å². The van der Waals surface area contributed by atoms with Crippen molar-refractivity contribution in [3.63, 3.8) is 0 Å². The van der Waals surface area contributed by atoms with E-state index < -0.39 is 0 Å². The van der Waals surface area contributed by atoms with Gasteiger partial charge in [0.05, 0.1) is 11.4 Å². The first-order valence-electron chi connectivity index (χ1n) is 8.80. The molecule has 0 spiro atoms. The number of hydrogen-bond donors (Lipinski definition) is 1. The Morgan fingerprint density at radius 2 is 1.96 bits per heavy atom. The Kier molecular flexibility index (Phi) is 4.29. The van der Waals surface area contributed by atoms with Gasteiger partial charge in [-0.1, -0.05) is 30.3 Å². The van der Waals surface area contributed by atoms with Crippen molar-refractivity contribution in [3.05, 3.63) is 82.9 Å². The number of rotatable bonds is 5. The quantitative estimate of drug-likeness (QED) is 0.753. The van der Waals surface area contributed by atoms with Gasteiger partial charge in [-0.25, -0.2) is 9.07 Å². The highest BCUT2D eigenvalue weighted by Gasteiger charge is 2.29. The Morgan fingerprint density at radius 1 is 1.19 bits per heavy atom. The molecule has 1 aromatic heterocycles. The van der Waals surface area contributed by atoms with Crippen LogP contribution in [0.2, 0.25) is 0 Å². The second kappa shape index (κ2) is 6.75. The number of benzene rings is 2. The van der Waals surface area contributed by atoms with Crippen molar-refractivity contribution < 1.29 is 9.18 Å². The van der Waals surface area contributed by atoms with Crippen LogP contribution in [0.15, 0.2) is 54.6 Å². The van der Waals surface area contributed by atoms with Crippen molar-refractivity contribution in [1.82, 2.24) is 15.1 Å². The van der Waals surface area contributed by atoms with E-state index in [1.54, 1.807) is 17.7 Å². The molecule has 132 valence electrons. The van der Waals surface area contributed by atoms with E-state index in [1.807, 2.05) is 42.5 Å². The topological polar surface area (TPSA) is 46.9 Å². The molecule has 4 rings (SSSR count). The third-order valence-corrected chi connectivity index (χ3v) is 4.65. The van der Waals surface area contributed by atoms with Gasteiger partial charge in [-0.05, 0) is 55.2 Å². The molecule has 0 aliphatic heterocycles. The molecule has 0 saturated heterocycles. The molecule has 0 radical (unpaired) electrons. The lowest BCUT2D eigenvalue weighted by Crippen LogP contribution is -2.25. The van der Waals surface area contributed by atoms with Crippen LogP contribution in [-0.2, 0) is 6.54 Å². The van der Waals surface area contributed by atoms with Crippen LogP contribution < -0.4 is 5.32 Å². The third-order valence-electron chi connectivity index (χ3n) is 4.65. The van der Waals surface area contributed by atoms with Crippen molar-refractivity contribution in [2.75, 3.05) is 0 Å². The highest BCUT2D eigenvalue weighted by molar-refractivity contribution is 5.93. The monoisotopic (exact) mass is 349 g/mol. The number of amides is 1. The first-order valence-corrected chi connectivity index (χ1v) is 8.80. The van der Waals surface area contributed by atoms with Crippen LogP contribution in [0.25, 0.3) is 5.69 Å². The molecule has 4 nitrogen and oxygen atoms in total. The molecule has 1 amide bonds. The molecule has 1 aliphatic carbocycles. The fourth-order valence-electron chi connectivity index (χ4n) is 2.92. The van der Waals surface area contributed by atoms with Crippen LogP contribution in [0.1, 0.15) is 46.1 Å². The van der Waals surface area contributed by atoms with E-state index in [4.69, 9.17) is 0 Å². The zero-order chi connectivity index (χ0) is 18.1. The molecular formula is C21H20FN3O. The van der Waals surface area contributed by atoms with Gasteiger partial charge in [0.25, 0.3) is 5.91 Å². The van der Waals surface area contributed by atoms with Gasteiger partial charge in [0.1, 0.15) is 11.5 Å². The van der Waals surface area contributed by atoms with E-state index in [1.165, 1.54) is 6.07 Å². The summed E-state index contributed by atoms with van der Waals surface area (Å²) in [5, 5.41) is 7.52. The SMILES string of the molecule is Cc1ccc(CNC(=O)c2cc(C3CC3)nn2-c2ccccc2)cc1F. The summed E-state index contributed by atoms with van der Waals surface area (Å²) in [6.07, 6.45) is 2.24. The number of aryl methyl sites for hydroxylation is 1. The Morgan fingerprint density at radius 3 is 2.65 bits per heavy atom. The van der Waals surface area contributed by atoms with Crippen LogP contribution in [0.5, 0.6) is 0 Å². The third kappa shape index (κ3) is 3.38. The molecule has 1 aliphatic rings. The minimum atomic E-state index is -0.262. The van der Waals surface area contributed by atoms with Gasteiger partial charge in [-0.15, -0.1) is 0 Å². The second-order valence-corrected chi connectivity index (χ2v) is 6.74. The standard InChI is InChI=1S/C21H20FN3O/c1-14-7-8-15(11-18(14)22)13-23-21(26)20-12-19(16-9-10-16)24-25(20)17-5-3-2-4-6-17/h2-8,11-12,16H,9-10,13H2,1H3,(H,23,26). The average molecular weight is 349 g/mol. The van der Waals surface area contributed by atoms with Gasteiger partial charge in [-0.3, -0.25) is 4.79 Å². The number of carbonyl (C=O) groups is 1. The molecular weight excluding hydrogens is 329 g/mol. The summed E-state index contributed by atoms with van der Waals surface area (Å²) in [5.74, 6) is -0.0194. The Balaban J connectivity index is 1.57. The second-order valence-electron chi connectivity index (χ2n) is 6.74. The number of nitrogens with one attached hydrogen (secondary N) is 1. The molecule has 5 heteroatoms. The van der Waals surface area contributed by atoms with Crippen LogP contribution in [0.4, 0.5) is 4.39 Å². The minimum absolute atomic E-state index is 0.214. The maximum absolute atomic E-state index is 13.7. The van der Waals surface area contributed by atoms with Crippen LogP contribution in [-0.4, -0.2) is 15.7 Å². The summed E-state index contributed by atoms with van der Waals surface area (Å²) in [6, 6.07) is 16.5. The van der Waals surface area contributed by atoms with Crippen LogP contribution in [0.3, 0.4) is 0 Å². The molecule has 1 heterocycles. The van der Waals surface area contributed by atoms with E-state index in [2.05, 4.69) is 10.4 Å². The fourth-order valence-corrected chi connectivity index (χ4v) is 2.92. The van der Waals surface area contributed by atoms with Crippen molar-refractivity contribution in [3.8, 4) is 5.69 Å². The lowest BCUT2D eigenvalue weighted by Gasteiger charge is -2.09. The number of carbonyl (C=O) groups excluding carboxylic acids is 1. The molecule has 1 saturated carbocycles. The van der Waals surface area contributed by atoms with E-state index in [0.29, 0.717) is 17.2 Å². The summed E-state index contributed by atoms with van der Waals surface area (Å²) >= 11 is 0. The Hall–Kier alpha value is -2.95. The predicted molar refractivity (Wildman–Crippen MR) is 97.8 cm³/mol. The summed E-state index contributed by atoms with van der Waals surface area (Å²) in [5.41, 5.74) is 3.64. The lowest BCUT2D eigenvalue weighted by molar-refractivity contribution is 0.0943. The normalized spacial score (nSPS) is 13.6. The Bertz CT molecular complexity index is 945. The minimum Gasteiger partial charge on any atom is -0.347 e. The molecule has 1 N–H and O–H groups in total. The van der Waals surface area contributed by atoms with Crippen molar-refractivity contribution in [2.45, 2.75) is 32.2 Å². The predicted octanol–water partition coefficient (Wildman–Crippen LogP) is 4.13. The van der Waals surface area contributed by atoms with Crippen LogP contribution >= 0.6 is 0 Å². The fraction of sp³-hybridized carbons (Fsp3) is 0.238. The van der Waals surface area contributed by atoms with E-state index in [0.717, 1.165) is 29.8 Å². The number of halogens is 1. The molecule has 2 aromatic carbocycles. The highest BCUT2D eigenvalue weighted by Crippen LogP contribution is 2.39. The van der Waals surface area contributed by atoms with Crippen molar-refractivity contribution in [1.29, 1.82) is 0 Å². The number of nitrogens with zero attached hydrogens (tertiary/aromatic N) is 2. The molecule has 0 unspecified atom stereocenters. The first kappa shape index (κ1) is 16.5. The summed E-state index contributed by atoms with van der Waals surface area (Å²) in [7, 11) is 0. The molecule has 1 fully saturated rings. The van der Waals surface area contributed by atoms with Gasteiger partial charge in [0, 0.05) is 12.5 Å². The van der Waals surface area contributed by atoms with Crippen molar-refractivity contribution in [2.24, 2.45) is 0 Å². The van der Waals surface area contributed by atoms with Gasteiger partial charge in [0.15, 0.2) is 0 Å². The summed E-state index contributed by atoms with van der Waals surface area (Å²) < 4.78 is 15.4. The number of para-hydroxylation sites is 1. The zero-order valence-corrected chi connectivity index (χ0v) is 14.6. The van der Waals surface area contributed by atoms with Gasteiger partial charge in [0.2, 0.25) is 0 Å². The van der Waals surface area contributed by atoms with Gasteiger partial charge in [-0.2, -0.15) is 5.10 Å². The van der Waals surface area contributed by atoms with E-state index >= 15 is 0 Å². The average Bonchev–Trinajstić information content (AvgIpc) is 3.41. The number of aromatic nitrogens is 2. The summed E-state index contributed by atoms with van der Waals surface area (Å²) in [4.78, 5) is 12.8. The number of hydrogen-bond acceptors (Lipinski definition) is 2. The first-order chi connectivity index (χ1) is 12.6. The maximum atomic E-state index is 13.7. The maximum Gasteiger partial charge on any atom is 0.270 e. The van der Waals surface area contributed by atoms with E-state index in [9.17, 15) is 9.18 Å². The highest BCUT2D eigenvalue weighted by atomic mass is 19.1. The lowest BCUT2D eigenvalue weighted by atomic mass is 10.1. The molecule has 3 aromatic rings. The molecule has 0 atom stereocenters. The van der Waals surface area contributed by atoms with Crippen molar-refractivity contribution >= 4 is 5.91 Å². The van der Waals surface area contributed by atoms with Gasteiger partial charge < -0.3 is 5.32 Å². The summed E-state index contributed by atoms with van der Waals surface area (Å²) in [6.45, 7) is 1.99.